The first-order chi connectivity index (χ1) is 13.1. The molecule has 0 spiro atoms. The quantitative estimate of drug-likeness (QED) is 0.333. The van der Waals surface area contributed by atoms with Crippen LogP contribution in [-0.2, 0) is 21.5 Å². The lowest BCUT2D eigenvalue weighted by Gasteiger charge is -2.48. The van der Waals surface area contributed by atoms with Gasteiger partial charge in [0.1, 0.15) is 0 Å². The number of benzene rings is 1. The Morgan fingerprint density at radius 1 is 1.22 bits per heavy atom. The van der Waals surface area contributed by atoms with Gasteiger partial charge in [-0.25, -0.2) is 4.31 Å². The summed E-state index contributed by atoms with van der Waals surface area (Å²) in [6.07, 6.45) is 2.37. The highest BCUT2D eigenvalue weighted by molar-refractivity contribution is 14.2. The highest BCUT2D eigenvalue weighted by atomic mass is 127. The largest absolute Gasteiger partial charge is 0.493 e. The van der Waals surface area contributed by atoms with Gasteiger partial charge in [0.05, 0.1) is 32.8 Å². The number of fused-ring (bicyclic) bond motifs is 3. The van der Waals surface area contributed by atoms with E-state index in [9.17, 15) is 4.79 Å². The normalized spacial score (nSPS) is 23.1. The number of carbonyl (C=O) groups is 1. The van der Waals surface area contributed by atoms with Crippen molar-refractivity contribution in [3.05, 3.63) is 23.3 Å². The summed E-state index contributed by atoms with van der Waals surface area (Å²) in [5, 5.41) is 0. The molecule has 27 heavy (non-hydrogen) atoms. The van der Waals surface area contributed by atoms with E-state index in [2.05, 4.69) is 42.5 Å². The maximum atomic E-state index is 12.6. The van der Waals surface area contributed by atoms with Gasteiger partial charge in [0, 0.05) is 47.4 Å². The lowest BCUT2D eigenvalue weighted by atomic mass is 9.77. The average Bonchev–Trinajstić information content (AvgIpc) is 2.86. The first-order valence-corrected chi connectivity index (χ1v) is 12.6. The Bertz CT molecular complexity index is 690. The van der Waals surface area contributed by atoms with Crippen LogP contribution in [0.5, 0.6) is 11.5 Å². The van der Waals surface area contributed by atoms with Crippen molar-refractivity contribution in [2.75, 3.05) is 47.0 Å². The Morgan fingerprint density at radius 3 is 2.63 bits per heavy atom. The van der Waals surface area contributed by atoms with Crippen LogP contribution in [0.4, 0.5) is 0 Å². The van der Waals surface area contributed by atoms with Crippen molar-refractivity contribution in [3.63, 3.8) is 0 Å². The monoisotopic (exact) mass is 506 g/mol. The molecule has 0 bridgehead atoms. The fourth-order valence-corrected chi connectivity index (χ4v) is 5.76. The summed E-state index contributed by atoms with van der Waals surface area (Å²) in [6, 6.07) is 4.14. The van der Waals surface area contributed by atoms with Crippen molar-refractivity contribution in [1.82, 2.24) is 9.21 Å². The zero-order valence-electron chi connectivity index (χ0n) is 16.1. The summed E-state index contributed by atoms with van der Waals surface area (Å²) in [4.78, 5) is 15.1. The molecular weight excluding hydrogens is 479 g/mol. The van der Waals surface area contributed by atoms with Gasteiger partial charge in [-0.1, -0.05) is 0 Å². The summed E-state index contributed by atoms with van der Waals surface area (Å²) >= 11 is 2.33. The van der Waals surface area contributed by atoms with Crippen molar-refractivity contribution >= 4 is 36.3 Å². The van der Waals surface area contributed by atoms with Gasteiger partial charge in [-0.2, -0.15) is 0 Å². The van der Waals surface area contributed by atoms with Crippen LogP contribution in [-0.4, -0.2) is 62.2 Å². The topological polar surface area (TPSA) is 51.2 Å². The minimum atomic E-state index is -0.409. The van der Waals surface area contributed by atoms with Crippen LogP contribution in [0.2, 0.25) is 0 Å². The predicted molar refractivity (Wildman–Crippen MR) is 116 cm³/mol. The Labute approximate surface area is 177 Å². The molecule has 2 heterocycles. The molecule has 1 aromatic carbocycles. The lowest BCUT2D eigenvalue weighted by molar-refractivity contribution is -0.147. The van der Waals surface area contributed by atoms with Gasteiger partial charge in [0.2, 0.25) is 0 Å². The molecule has 3 rings (SSSR count). The molecule has 150 valence electrons. The van der Waals surface area contributed by atoms with Gasteiger partial charge in [-0.3, -0.25) is 9.69 Å². The number of esters is 1. The summed E-state index contributed by atoms with van der Waals surface area (Å²) in [6.45, 7) is 5.95. The number of nitrogens with zero attached hydrogens (tertiary/aromatic N) is 2. The average molecular weight is 506 g/mol. The molecule has 0 saturated carbocycles. The number of ether oxygens (including phenoxy) is 3. The molecule has 2 aliphatic rings. The van der Waals surface area contributed by atoms with Crippen molar-refractivity contribution in [3.8, 4) is 11.5 Å². The van der Waals surface area contributed by atoms with E-state index in [1.165, 1.54) is 5.56 Å². The SMILES string of the molecule is CCOC(=O)CC12CN(SI)CCCN1CCc1cc(OC)c(OC)cc12. The summed E-state index contributed by atoms with van der Waals surface area (Å²) in [7, 11) is 5.03. The van der Waals surface area contributed by atoms with Crippen molar-refractivity contribution in [2.45, 2.75) is 31.7 Å². The van der Waals surface area contributed by atoms with E-state index in [1.54, 1.807) is 23.3 Å². The minimum Gasteiger partial charge on any atom is -0.493 e. The van der Waals surface area contributed by atoms with E-state index in [0.717, 1.165) is 50.3 Å². The molecule has 1 atom stereocenters. The molecule has 0 aromatic heterocycles. The number of halogens is 1. The maximum absolute atomic E-state index is 12.6. The van der Waals surface area contributed by atoms with Crippen LogP contribution in [0.3, 0.4) is 0 Å². The molecule has 6 nitrogen and oxygen atoms in total. The third-order valence-electron chi connectivity index (χ3n) is 5.48. The fourth-order valence-electron chi connectivity index (χ4n) is 4.29. The highest BCUT2D eigenvalue weighted by Crippen LogP contribution is 2.46. The van der Waals surface area contributed by atoms with Gasteiger partial charge >= 0.3 is 5.97 Å². The molecule has 0 radical (unpaired) electrons. The highest BCUT2D eigenvalue weighted by Gasteiger charge is 2.47. The van der Waals surface area contributed by atoms with Gasteiger partial charge < -0.3 is 14.2 Å². The molecule has 1 fully saturated rings. The third-order valence-corrected chi connectivity index (χ3v) is 7.66. The van der Waals surface area contributed by atoms with E-state index >= 15 is 0 Å². The molecule has 0 N–H and O–H groups in total. The lowest BCUT2D eigenvalue weighted by Crippen LogP contribution is -2.55. The molecule has 0 amide bonds. The van der Waals surface area contributed by atoms with Crippen molar-refractivity contribution < 1.29 is 19.0 Å². The van der Waals surface area contributed by atoms with E-state index in [4.69, 9.17) is 14.2 Å². The Balaban J connectivity index is 2.13. The smallest absolute Gasteiger partial charge is 0.308 e. The molecule has 1 unspecified atom stereocenters. The number of carbonyl (C=O) groups excluding carboxylic acids is 1. The number of methoxy groups -OCH3 is 2. The summed E-state index contributed by atoms with van der Waals surface area (Å²) in [5.41, 5.74) is 1.99. The molecule has 1 saturated heterocycles. The number of rotatable bonds is 6. The van der Waals surface area contributed by atoms with E-state index in [-0.39, 0.29) is 5.97 Å². The zero-order chi connectivity index (χ0) is 19.4. The molecule has 0 aliphatic carbocycles. The Kier molecular flexibility index (Phi) is 7.15. The minimum absolute atomic E-state index is 0.148. The zero-order valence-corrected chi connectivity index (χ0v) is 19.1. The van der Waals surface area contributed by atoms with Crippen LogP contribution >= 0.6 is 30.3 Å². The fraction of sp³-hybridized carbons (Fsp3) is 0.632. The number of hydrogen-bond donors (Lipinski definition) is 0. The van der Waals surface area contributed by atoms with E-state index in [1.807, 2.05) is 6.92 Å². The van der Waals surface area contributed by atoms with Gasteiger partial charge in [-0.15, -0.1) is 0 Å². The Morgan fingerprint density at radius 2 is 1.96 bits per heavy atom. The third kappa shape index (κ3) is 4.18. The molecular formula is C19H27IN2O4S. The first-order valence-electron chi connectivity index (χ1n) is 9.27. The number of hydrogen-bond acceptors (Lipinski definition) is 7. The van der Waals surface area contributed by atoms with Gasteiger partial charge in [0.25, 0.3) is 0 Å². The maximum Gasteiger partial charge on any atom is 0.308 e. The second-order valence-electron chi connectivity index (χ2n) is 6.90. The van der Waals surface area contributed by atoms with Crippen molar-refractivity contribution in [2.24, 2.45) is 0 Å². The summed E-state index contributed by atoms with van der Waals surface area (Å²) < 4.78 is 18.8. The molecule has 8 heteroatoms. The van der Waals surface area contributed by atoms with Crippen LogP contribution in [0.1, 0.15) is 30.9 Å². The van der Waals surface area contributed by atoms with Crippen molar-refractivity contribution in [1.29, 1.82) is 0 Å². The Hall–Kier alpha value is -0.710. The summed E-state index contributed by atoms with van der Waals surface area (Å²) in [5.74, 6) is 1.30. The van der Waals surface area contributed by atoms with E-state index < -0.39 is 5.54 Å². The predicted octanol–water partition coefficient (Wildman–Crippen LogP) is 3.41. The second kappa shape index (κ2) is 9.19. The van der Waals surface area contributed by atoms with Gasteiger partial charge in [0.15, 0.2) is 11.5 Å². The molecule has 2 aliphatic heterocycles. The van der Waals surface area contributed by atoms with Crippen LogP contribution in [0.15, 0.2) is 12.1 Å². The van der Waals surface area contributed by atoms with Crippen LogP contribution in [0.25, 0.3) is 0 Å². The van der Waals surface area contributed by atoms with Crippen LogP contribution in [0, 0.1) is 0 Å². The van der Waals surface area contributed by atoms with Gasteiger partial charge in [-0.05, 0) is 52.1 Å². The first kappa shape index (κ1) is 21.0. The van der Waals surface area contributed by atoms with E-state index in [0.29, 0.717) is 18.8 Å². The molecule has 1 aromatic rings. The van der Waals surface area contributed by atoms with Crippen LogP contribution < -0.4 is 9.47 Å². The standard InChI is InChI=1S/C19H27IN2O4S/c1-4-26-18(23)12-19-13-22(27-20)8-5-7-21(19)9-6-14-10-16(24-2)17(25-3)11-15(14)19/h10-11H,4-9,12-13H2,1-3H3. The second-order valence-corrected chi connectivity index (χ2v) is 8.74.